The van der Waals surface area contributed by atoms with Gasteiger partial charge in [0.2, 0.25) is 0 Å². The van der Waals surface area contributed by atoms with E-state index < -0.39 is 0 Å². The van der Waals surface area contributed by atoms with Crippen LogP contribution in [-0.2, 0) is 32.7 Å². The van der Waals surface area contributed by atoms with Crippen molar-refractivity contribution in [3.8, 4) is 0 Å². The molecule has 1 fully saturated rings. The quantitative estimate of drug-likeness (QED) is 0.576. The van der Waals surface area contributed by atoms with E-state index in [4.69, 9.17) is 0 Å². The van der Waals surface area contributed by atoms with E-state index in [0.717, 1.165) is 12.5 Å². The Morgan fingerprint density at radius 3 is 2.45 bits per heavy atom. The predicted molar refractivity (Wildman–Crippen MR) is 47.4 cm³/mol. The van der Waals surface area contributed by atoms with Crippen LogP contribution in [0.4, 0.5) is 0 Å². The van der Waals surface area contributed by atoms with Gasteiger partial charge in [-0.15, -0.1) is 0 Å². The van der Waals surface area contributed by atoms with Crippen molar-refractivity contribution in [1.82, 2.24) is 9.99 Å². The van der Waals surface area contributed by atoms with Gasteiger partial charge in [-0.1, -0.05) is 9.39 Å². The summed E-state index contributed by atoms with van der Waals surface area (Å²) in [7, 11) is 6.39. The summed E-state index contributed by atoms with van der Waals surface area (Å²) in [5, 5.41) is 2.98. The molecular formula is C7H16N2PY-. The van der Waals surface area contributed by atoms with Gasteiger partial charge >= 0.3 is 0 Å². The van der Waals surface area contributed by atoms with Crippen LogP contribution in [0.15, 0.2) is 0 Å². The first-order chi connectivity index (χ1) is 4.83. The van der Waals surface area contributed by atoms with Gasteiger partial charge in [-0.2, -0.15) is 0 Å². The van der Waals surface area contributed by atoms with Crippen molar-refractivity contribution in [3.63, 3.8) is 0 Å². The van der Waals surface area contributed by atoms with Crippen molar-refractivity contribution >= 4 is 9.39 Å². The summed E-state index contributed by atoms with van der Waals surface area (Å²) >= 11 is 0. The normalized spacial score (nSPS) is 21.3. The molecule has 1 aliphatic rings. The van der Waals surface area contributed by atoms with Gasteiger partial charge in [0, 0.05) is 45.8 Å². The molecule has 0 aromatic carbocycles. The molecule has 1 N–H and O–H groups in total. The van der Waals surface area contributed by atoms with E-state index >= 15 is 0 Å². The zero-order chi connectivity index (χ0) is 7.40. The van der Waals surface area contributed by atoms with E-state index in [9.17, 15) is 0 Å². The fourth-order valence-electron chi connectivity index (χ4n) is 1.36. The molecule has 0 aromatic rings. The molecule has 4 heteroatoms. The van der Waals surface area contributed by atoms with Crippen molar-refractivity contribution in [2.45, 2.75) is 12.8 Å². The number of rotatable bonds is 2. The molecule has 0 amide bonds. The van der Waals surface area contributed by atoms with E-state index in [0.29, 0.717) is 0 Å². The molecule has 1 atom stereocenters. The van der Waals surface area contributed by atoms with Crippen molar-refractivity contribution in [2.24, 2.45) is 5.92 Å². The third-order valence-electron chi connectivity index (χ3n) is 2.08. The van der Waals surface area contributed by atoms with Gasteiger partial charge in [0.25, 0.3) is 0 Å². The van der Waals surface area contributed by atoms with E-state index in [1.807, 2.05) is 0 Å². The molecule has 1 rings (SSSR count). The van der Waals surface area contributed by atoms with Crippen LogP contribution in [0.3, 0.4) is 0 Å². The molecule has 0 bridgehead atoms. The molecule has 1 heterocycles. The molecule has 0 aromatic heterocycles. The second-order valence-electron chi connectivity index (χ2n) is 2.93. The number of hydrogen-bond acceptors (Lipinski definition) is 2. The largest absolute Gasteiger partial charge is 0.472 e. The van der Waals surface area contributed by atoms with Gasteiger partial charge in [-0.05, 0) is 25.3 Å². The van der Waals surface area contributed by atoms with Gasteiger partial charge in [-0.3, -0.25) is 11.7 Å². The van der Waals surface area contributed by atoms with E-state index in [2.05, 4.69) is 26.4 Å². The topological polar surface area (TPSA) is 15.3 Å². The van der Waals surface area contributed by atoms with Crippen LogP contribution in [0.1, 0.15) is 12.8 Å². The predicted octanol–water partition coefficient (Wildman–Crippen LogP) is 0.867. The van der Waals surface area contributed by atoms with Gasteiger partial charge in [0.15, 0.2) is 0 Å². The maximum absolute atomic E-state index is 3.63. The molecule has 0 spiro atoms. The van der Waals surface area contributed by atoms with Crippen LogP contribution in [0.5, 0.6) is 0 Å². The smallest absolute Gasteiger partial charge is 0.00192 e. The van der Waals surface area contributed by atoms with Crippen molar-refractivity contribution < 1.29 is 32.7 Å². The summed E-state index contributed by atoms with van der Waals surface area (Å²) in [6.07, 6.45) is 2.62. The summed E-state index contributed by atoms with van der Waals surface area (Å²) in [6.45, 7) is 3.52. The molecule has 11 heavy (non-hydrogen) atoms. The first-order valence-electron chi connectivity index (χ1n) is 3.82. The summed E-state index contributed by atoms with van der Waals surface area (Å²) in [5.74, 6) is 0.856. The van der Waals surface area contributed by atoms with Gasteiger partial charge in [0.05, 0.1) is 0 Å². The van der Waals surface area contributed by atoms with Crippen LogP contribution in [0.25, 0.3) is 0 Å². The second kappa shape index (κ2) is 6.92. The Hall–Kier alpha value is 1.45. The third kappa shape index (κ3) is 4.90. The van der Waals surface area contributed by atoms with Crippen LogP contribution >= 0.6 is 9.39 Å². The van der Waals surface area contributed by atoms with E-state index in [1.54, 1.807) is 0 Å². The van der Waals surface area contributed by atoms with Gasteiger partial charge in [0.1, 0.15) is 0 Å². The fraction of sp³-hybridized carbons (Fsp3) is 0.857. The average Bonchev–Trinajstić information content (AvgIpc) is 1.95. The number of hydrogen-bond donors (Lipinski definition) is 1. The molecule has 63 valence electrons. The summed E-state index contributed by atoms with van der Waals surface area (Å²) < 4.78 is 2.31. The van der Waals surface area contributed by atoms with E-state index in [1.165, 1.54) is 25.9 Å². The second-order valence-corrected chi connectivity index (χ2v) is 3.66. The zero-order valence-electron chi connectivity index (χ0n) is 6.92. The average molecular weight is 248 g/mol. The summed E-state index contributed by atoms with van der Waals surface area (Å²) in [5.41, 5.74) is 0. The Morgan fingerprint density at radius 1 is 1.45 bits per heavy atom. The fourth-order valence-corrected chi connectivity index (χ4v) is 1.66. The molecule has 1 radical (unpaired) electrons. The van der Waals surface area contributed by atoms with Crippen LogP contribution in [0, 0.1) is 13.0 Å². The SMILES string of the molecule is [CH2-]NCC1CCN(P)CC1.[Y]. The minimum atomic E-state index is 0. The third-order valence-corrected chi connectivity index (χ3v) is 2.60. The standard InChI is InChI=1S/C7H16N2P.Y/c1-8-6-7-2-4-9(10)5-3-7;/h7-8H,1-6,10H2;/q-1;. The first-order valence-corrected chi connectivity index (χ1v) is 4.34. The summed E-state index contributed by atoms with van der Waals surface area (Å²) in [6, 6.07) is 0. The number of nitrogens with zero attached hydrogens (tertiary/aromatic N) is 1. The molecule has 2 nitrogen and oxygen atoms in total. The monoisotopic (exact) mass is 248 g/mol. The van der Waals surface area contributed by atoms with Crippen molar-refractivity contribution in [2.75, 3.05) is 19.6 Å². The maximum Gasteiger partial charge on any atom is 0.00192 e. The van der Waals surface area contributed by atoms with Gasteiger partial charge < -0.3 is 5.32 Å². The minimum Gasteiger partial charge on any atom is -0.472 e. The minimum absolute atomic E-state index is 0. The summed E-state index contributed by atoms with van der Waals surface area (Å²) in [4.78, 5) is 0. The van der Waals surface area contributed by atoms with Crippen molar-refractivity contribution in [3.05, 3.63) is 7.05 Å². The zero-order valence-corrected chi connectivity index (χ0v) is 10.9. The van der Waals surface area contributed by atoms with Crippen LogP contribution in [-0.4, -0.2) is 24.3 Å². The Balaban J connectivity index is 0.000001000. The molecular weight excluding hydrogens is 232 g/mol. The first kappa shape index (κ1) is 12.5. The van der Waals surface area contributed by atoms with Crippen LogP contribution < -0.4 is 5.32 Å². The molecule has 0 saturated carbocycles. The van der Waals surface area contributed by atoms with Crippen LogP contribution in [0.2, 0.25) is 0 Å². The van der Waals surface area contributed by atoms with Crippen molar-refractivity contribution in [1.29, 1.82) is 0 Å². The molecule has 1 unspecified atom stereocenters. The molecule has 1 saturated heterocycles. The van der Waals surface area contributed by atoms with Gasteiger partial charge in [-0.25, -0.2) is 0 Å². The Labute approximate surface area is 97.0 Å². The molecule has 1 aliphatic heterocycles. The number of nitrogens with one attached hydrogen (secondary N) is 1. The Morgan fingerprint density at radius 2 is 2.00 bits per heavy atom. The Bertz CT molecular complexity index is 94.4. The Kier molecular flexibility index (Phi) is 7.83. The van der Waals surface area contributed by atoms with E-state index in [-0.39, 0.29) is 32.7 Å². The maximum atomic E-state index is 3.63. The molecule has 0 aliphatic carbocycles. The number of piperidine rings is 1.